The van der Waals surface area contributed by atoms with Crippen molar-refractivity contribution in [1.29, 1.82) is 0 Å². The van der Waals surface area contributed by atoms with Crippen LogP contribution in [0, 0.1) is 0 Å². The van der Waals surface area contributed by atoms with Crippen LogP contribution in [0.15, 0.2) is 152 Å². The first-order valence-electron chi connectivity index (χ1n) is 18.4. The first kappa shape index (κ1) is 36.2. The fourth-order valence-corrected chi connectivity index (χ4v) is 17.6. The van der Waals surface area contributed by atoms with Crippen molar-refractivity contribution < 1.29 is 8.85 Å². The smallest absolute Gasteiger partial charge is 0.261 e. The summed E-state index contributed by atoms with van der Waals surface area (Å²) in [5.74, 6) is 0. The molecule has 0 spiro atoms. The van der Waals surface area contributed by atoms with Crippen LogP contribution in [0.4, 0.5) is 0 Å². The lowest BCUT2D eigenvalue weighted by atomic mass is 10.2. The molecule has 6 rings (SSSR count). The van der Waals surface area contributed by atoms with E-state index in [9.17, 15) is 0 Å². The highest BCUT2D eigenvalue weighted by molar-refractivity contribution is 7.00. The van der Waals surface area contributed by atoms with Crippen LogP contribution in [-0.4, -0.2) is 46.8 Å². The van der Waals surface area contributed by atoms with Gasteiger partial charge in [0.25, 0.3) is 16.6 Å². The molecule has 0 unspecified atom stereocenters. The molecule has 0 N–H and O–H groups in total. The molecule has 1 fully saturated rings. The van der Waals surface area contributed by atoms with Crippen LogP contribution in [-0.2, 0) is 15.4 Å². The zero-order valence-electron chi connectivity index (χ0n) is 30.9. The van der Waals surface area contributed by atoms with E-state index in [0.717, 1.165) is 19.4 Å². The molecule has 0 radical (unpaired) electrons. The van der Waals surface area contributed by atoms with E-state index in [-0.39, 0.29) is 22.2 Å². The van der Waals surface area contributed by atoms with E-state index in [1.54, 1.807) is 0 Å². The lowest BCUT2D eigenvalue weighted by molar-refractivity contribution is 0.0978. The standard InChI is InChI=1S/C45H55NO2Si2/c1-44(2,3)49(40-24-14-8-15-25-40,41-26-16-9-17-27-41)47-35-38-32-33-39(46(38)34-37-22-12-7-13-23-37)36-48-50(45(4,5)6,42-28-18-10-19-29-42)43-30-20-11-21-31-43/h7-31,38-39H,32-36H2,1-6H3/t38-,39-/m0/s1. The van der Waals surface area contributed by atoms with Crippen molar-refractivity contribution in [2.45, 2.75) is 83.1 Å². The van der Waals surface area contributed by atoms with Crippen molar-refractivity contribution in [3.05, 3.63) is 157 Å². The van der Waals surface area contributed by atoms with E-state index in [4.69, 9.17) is 8.85 Å². The number of likely N-dealkylation sites (tertiary alicyclic amines) is 1. The van der Waals surface area contributed by atoms with Crippen LogP contribution in [0.2, 0.25) is 10.1 Å². The van der Waals surface area contributed by atoms with Gasteiger partial charge in [-0.15, -0.1) is 0 Å². The van der Waals surface area contributed by atoms with Gasteiger partial charge < -0.3 is 8.85 Å². The average molecular weight is 698 g/mol. The van der Waals surface area contributed by atoms with Crippen LogP contribution in [0.5, 0.6) is 0 Å². The van der Waals surface area contributed by atoms with Crippen LogP contribution in [0.3, 0.4) is 0 Å². The van der Waals surface area contributed by atoms with Crippen molar-refractivity contribution in [3.63, 3.8) is 0 Å². The summed E-state index contributed by atoms with van der Waals surface area (Å²) in [6.45, 7) is 16.5. The zero-order valence-corrected chi connectivity index (χ0v) is 32.9. The summed E-state index contributed by atoms with van der Waals surface area (Å²) in [5.41, 5.74) is 1.33. The highest BCUT2D eigenvalue weighted by atomic mass is 28.4. The zero-order chi connectivity index (χ0) is 35.2. The minimum Gasteiger partial charge on any atom is -0.406 e. The Morgan fingerprint density at radius 2 is 0.740 bits per heavy atom. The molecule has 2 atom stereocenters. The molecule has 50 heavy (non-hydrogen) atoms. The van der Waals surface area contributed by atoms with Crippen molar-refractivity contribution >= 4 is 37.4 Å². The van der Waals surface area contributed by atoms with Gasteiger partial charge in [0.15, 0.2) is 0 Å². The molecular weight excluding hydrogens is 643 g/mol. The maximum atomic E-state index is 7.57. The Morgan fingerprint density at radius 1 is 0.460 bits per heavy atom. The van der Waals surface area contributed by atoms with E-state index < -0.39 is 16.6 Å². The molecule has 0 amide bonds. The summed E-state index contributed by atoms with van der Waals surface area (Å²) in [6.07, 6.45) is 2.17. The number of hydrogen-bond donors (Lipinski definition) is 0. The highest BCUT2D eigenvalue weighted by Gasteiger charge is 2.53. The SMILES string of the molecule is CC(C)(C)[Si](OC[C@@H]1CC[C@@H](CO[Si](c2ccccc2)(c2ccccc2)C(C)(C)C)N1Cc1ccccc1)(c1ccccc1)c1ccccc1. The molecule has 0 bridgehead atoms. The Kier molecular flexibility index (Phi) is 11.1. The Morgan fingerprint density at radius 3 is 1.02 bits per heavy atom. The van der Waals surface area contributed by atoms with Crippen molar-refractivity contribution in [1.82, 2.24) is 4.90 Å². The molecule has 3 nitrogen and oxygen atoms in total. The number of benzene rings is 5. The predicted molar refractivity (Wildman–Crippen MR) is 216 cm³/mol. The Balaban J connectivity index is 1.35. The van der Waals surface area contributed by atoms with Gasteiger partial charge in [0.05, 0.1) is 13.2 Å². The molecule has 1 heterocycles. The summed E-state index contributed by atoms with van der Waals surface area (Å²) in [5, 5.41) is 5.20. The van der Waals surface area contributed by atoms with E-state index in [1.165, 1.54) is 26.3 Å². The quantitative estimate of drug-likeness (QED) is 0.123. The molecule has 5 heteroatoms. The minimum absolute atomic E-state index is 0.0651. The molecule has 0 aliphatic carbocycles. The van der Waals surface area contributed by atoms with Gasteiger partial charge in [-0.1, -0.05) is 193 Å². The van der Waals surface area contributed by atoms with Crippen LogP contribution in [0.25, 0.3) is 0 Å². The third-order valence-electron chi connectivity index (χ3n) is 10.8. The van der Waals surface area contributed by atoms with Crippen molar-refractivity contribution in [2.75, 3.05) is 13.2 Å². The predicted octanol–water partition coefficient (Wildman–Crippen LogP) is 8.17. The Hall–Kier alpha value is -3.59. The molecule has 0 aromatic heterocycles. The summed E-state index contributed by atoms with van der Waals surface area (Å²) < 4.78 is 15.1. The normalized spacial score (nSPS) is 17.6. The lowest BCUT2D eigenvalue weighted by Gasteiger charge is -2.45. The second-order valence-electron chi connectivity index (χ2n) is 16.0. The monoisotopic (exact) mass is 697 g/mol. The molecule has 1 saturated heterocycles. The highest BCUT2D eigenvalue weighted by Crippen LogP contribution is 2.40. The van der Waals surface area contributed by atoms with Crippen LogP contribution < -0.4 is 20.7 Å². The molecule has 260 valence electrons. The van der Waals surface area contributed by atoms with Crippen molar-refractivity contribution in [3.8, 4) is 0 Å². The van der Waals surface area contributed by atoms with Crippen molar-refractivity contribution in [2.24, 2.45) is 0 Å². The number of hydrogen-bond acceptors (Lipinski definition) is 3. The Bertz CT molecular complexity index is 1560. The lowest BCUT2D eigenvalue weighted by Crippen LogP contribution is -2.67. The van der Waals surface area contributed by atoms with Gasteiger partial charge in [-0.3, -0.25) is 4.90 Å². The first-order chi connectivity index (χ1) is 24.1. The maximum absolute atomic E-state index is 7.57. The second kappa shape index (κ2) is 15.3. The molecular formula is C45H55NO2Si2. The fourth-order valence-electron chi connectivity index (χ4n) is 8.39. The second-order valence-corrected chi connectivity index (χ2v) is 24.6. The van der Waals surface area contributed by atoms with E-state index in [1.807, 2.05) is 0 Å². The van der Waals surface area contributed by atoms with Gasteiger partial charge in [-0.2, -0.15) is 0 Å². The van der Waals surface area contributed by atoms with Gasteiger partial charge in [-0.25, -0.2) is 0 Å². The number of rotatable bonds is 12. The minimum atomic E-state index is -2.67. The molecule has 1 aliphatic heterocycles. The van der Waals surface area contributed by atoms with E-state index in [2.05, 4.69) is 198 Å². The third kappa shape index (κ3) is 7.26. The van der Waals surface area contributed by atoms with E-state index >= 15 is 0 Å². The fraction of sp³-hybridized carbons (Fsp3) is 0.333. The third-order valence-corrected chi connectivity index (χ3v) is 20.8. The molecule has 5 aromatic carbocycles. The topological polar surface area (TPSA) is 21.7 Å². The summed E-state index contributed by atoms with van der Waals surface area (Å²) in [6, 6.07) is 55.7. The van der Waals surface area contributed by atoms with Crippen LogP contribution in [0.1, 0.15) is 59.9 Å². The molecule has 1 aliphatic rings. The summed E-state index contributed by atoms with van der Waals surface area (Å²) in [4.78, 5) is 2.71. The average Bonchev–Trinajstić information content (AvgIpc) is 3.50. The Labute approximate surface area is 303 Å². The number of nitrogens with zero attached hydrogens (tertiary/aromatic N) is 1. The van der Waals surface area contributed by atoms with Gasteiger partial charge in [0, 0.05) is 18.6 Å². The van der Waals surface area contributed by atoms with Gasteiger partial charge in [0.2, 0.25) is 0 Å². The molecule has 0 saturated carbocycles. The van der Waals surface area contributed by atoms with Gasteiger partial charge in [-0.05, 0) is 49.2 Å². The summed E-state index contributed by atoms with van der Waals surface area (Å²) >= 11 is 0. The summed E-state index contributed by atoms with van der Waals surface area (Å²) in [7, 11) is -5.35. The first-order valence-corrected chi connectivity index (χ1v) is 22.2. The maximum Gasteiger partial charge on any atom is 0.261 e. The van der Waals surface area contributed by atoms with Gasteiger partial charge in [0.1, 0.15) is 0 Å². The van der Waals surface area contributed by atoms with Gasteiger partial charge >= 0.3 is 0 Å². The molecule has 5 aromatic rings. The van der Waals surface area contributed by atoms with E-state index in [0.29, 0.717) is 13.2 Å². The largest absolute Gasteiger partial charge is 0.406 e. The van der Waals surface area contributed by atoms with Crippen LogP contribution >= 0.6 is 0 Å².